The van der Waals surface area contributed by atoms with Crippen LogP contribution < -0.4 is 5.32 Å². The van der Waals surface area contributed by atoms with Crippen molar-refractivity contribution in [1.82, 2.24) is 30.1 Å². The van der Waals surface area contributed by atoms with Gasteiger partial charge in [-0.05, 0) is 41.7 Å². The van der Waals surface area contributed by atoms with Gasteiger partial charge in [-0.3, -0.25) is 0 Å². The maximum Gasteiger partial charge on any atom is 0.320 e. The van der Waals surface area contributed by atoms with E-state index in [2.05, 4.69) is 27.4 Å². The number of nitrogens with zero attached hydrogens (tertiary/aromatic N) is 4. The van der Waals surface area contributed by atoms with Gasteiger partial charge in [0.25, 0.3) is 0 Å². The number of nitrogens with one attached hydrogen (secondary N) is 2. The first-order valence-electron chi connectivity index (χ1n) is 12.3. The first-order chi connectivity index (χ1) is 17.1. The number of aromatic amines is 1. The minimum absolute atomic E-state index is 0.0660. The zero-order chi connectivity index (χ0) is 23.5. The van der Waals surface area contributed by atoms with Gasteiger partial charge in [-0.1, -0.05) is 11.6 Å². The van der Waals surface area contributed by atoms with Crippen LogP contribution in [0.25, 0.3) is 22.4 Å². The highest BCUT2D eigenvalue weighted by atomic mass is 35.5. The van der Waals surface area contributed by atoms with Gasteiger partial charge in [0, 0.05) is 37.9 Å². The number of halogens is 1. The molecule has 3 aromatic rings. The Morgan fingerprint density at radius 2 is 2.20 bits per heavy atom. The van der Waals surface area contributed by atoms with Gasteiger partial charge in [0.15, 0.2) is 5.65 Å². The van der Waals surface area contributed by atoms with Gasteiger partial charge in [0.05, 0.1) is 54.9 Å². The third-order valence-electron chi connectivity index (χ3n) is 7.72. The summed E-state index contributed by atoms with van der Waals surface area (Å²) in [6, 6.07) is 4.80. The molecule has 3 fully saturated rings. The van der Waals surface area contributed by atoms with E-state index in [9.17, 15) is 4.79 Å². The number of rotatable bonds is 2. The molecular weight excluding hydrogens is 468 g/mol. The Morgan fingerprint density at radius 1 is 1.26 bits per heavy atom. The third kappa shape index (κ3) is 3.69. The minimum Gasteiger partial charge on any atom is -0.378 e. The first-order valence-corrected chi connectivity index (χ1v) is 12.7. The molecule has 3 atom stereocenters. The number of benzene rings is 1. The number of fused-ring (bicyclic) bond motifs is 4. The Kier molecular flexibility index (Phi) is 5.20. The molecule has 2 aromatic heterocycles. The molecule has 6 heterocycles. The summed E-state index contributed by atoms with van der Waals surface area (Å²) in [6.45, 7) is 4.78. The summed E-state index contributed by atoms with van der Waals surface area (Å²) in [4.78, 5) is 29.8. The molecule has 0 unspecified atom stereocenters. The monoisotopic (exact) mass is 494 g/mol. The van der Waals surface area contributed by atoms with E-state index in [-0.39, 0.29) is 24.2 Å². The SMILES string of the molecule is O=C(N1CCc2cc(-c3cnc4[nH]cc(Cl)c4n3)cc([C@@H]3COCCN3)c2C1)N1C[C@H]2C[C@@H]1CO2. The molecule has 2 bridgehead atoms. The number of H-pyrrole nitrogens is 1. The van der Waals surface area contributed by atoms with Crippen molar-refractivity contribution in [1.29, 1.82) is 0 Å². The van der Waals surface area contributed by atoms with E-state index in [0.717, 1.165) is 30.6 Å². The quantitative estimate of drug-likeness (QED) is 0.569. The average Bonchev–Trinajstić information content (AvgIpc) is 3.64. The van der Waals surface area contributed by atoms with Gasteiger partial charge in [-0.2, -0.15) is 0 Å². The second-order valence-corrected chi connectivity index (χ2v) is 10.2. The fraction of sp³-hybridized carbons (Fsp3) is 0.480. The molecule has 35 heavy (non-hydrogen) atoms. The molecule has 7 rings (SSSR count). The van der Waals surface area contributed by atoms with Gasteiger partial charge in [-0.15, -0.1) is 0 Å². The zero-order valence-corrected chi connectivity index (χ0v) is 20.1. The molecule has 4 aliphatic rings. The molecule has 2 N–H and O–H groups in total. The van der Waals surface area contributed by atoms with Gasteiger partial charge in [0.1, 0.15) is 5.52 Å². The Balaban J connectivity index is 1.25. The molecular formula is C25H27ClN6O3. The van der Waals surface area contributed by atoms with Crippen LogP contribution in [0.1, 0.15) is 29.2 Å². The van der Waals surface area contributed by atoms with Crippen molar-refractivity contribution < 1.29 is 14.3 Å². The normalized spacial score (nSPS) is 25.9. The predicted octanol–water partition coefficient (Wildman–Crippen LogP) is 2.89. The molecule has 3 saturated heterocycles. The number of amides is 2. The van der Waals surface area contributed by atoms with Crippen LogP contribution in [0.15, 0.2) is 24.5 Å². The number of carbonyl (C=O) groups is 1. The summed E-state index contributed by atoms with van der Waals surface area (Å²) < 4.78 is 11.5. The highest BCUT2D eigenvalue weighted by Gasteiger charge is 2.43. The van der Waals surface area contributed by atoms with E-state index in [1.807, 2.05) is 9.80 Å². The summed E-state index contributed by atoms with van der Waals surface area (Å²) >= 11 is 6.31. The largest absolute Gasteiger partial charge is 0.378 e. The van der Waals surface area contributed by atoms with Crippen LogP contribution in [0.4, 0.5) is 4.79 Å². The number of hydrogen-bond acceptors (Lipinski definition) is 6. The number of aromatic nitrogens is 3. The molecule has 0 spiro atoms. The van der Waals surface area contributed by atoms with E-state index < -0.39 is 0 Å². The number of hydrogen-bond donors (Lipinski definition) is 2. The number of carbonyl (C=O) groups excluding carboxylic acids is 1. The van der Waals surface area contributed by atoms with Gasteiger partial charge in [0.2, 0.25) is 0 Å². The van der Waals surface area contributed by atoms with Crippen molar-refractivity contribution in [3.63, 3.8) is 0 Å². The predicted molar refractivity (Wildman–Crippen MR) is 130 cm³/mol. The Hall–Kier alpha value is -2.72. The van der Waals surface area contributed by atoms with Gasteiger partial charge in [-0.25, -0.2) is 14.8 Å². The molecule has 4 aliphatic heterocycles. The summed E-state index contributed by atoms with van der Waals surface area (Å²) in [5.74, 6) is 0. The van der Waals surface area contributed by atoms with Gasteiger partial charge >= 0.3 is 6.03 Å². The van der Waals surface area contributed by atoms with Crippen LogP contribution >= 0.6 is 11.6 Å². The average molecular weight is 495 g/mol. The zero-order valence-electron chi connectivity index (χ0n) is 19.3. The number of likely N-dealkylation sites (tertiary alicyclic amines) is 1. The van der Waals surface area contributed by atoms with Crippen molar-refractivity contribution in [3.05, 3.63) is 46.2 Å². The van der Waals surface area contributed by atoms with Crippen molar-refractivity contribution in [2.45, 2.75) is 37.6 Å². The lowest BCUT2D eigenvalue weighted by Gasteiger charge is -2.37. The highest BCUT2D eigenvalue weighted by molar-refractivity contribution is 6.34. The summed E-state index contributed by atoms with van der Waals surface area (Å²) in [5, 5.41) is 4.16. The van der Waals surface area contributed by atoms with Crippen molar-refractivity contribution >= 4 is 28.8 Å². The lowest BCUT2D eigenvalue weighted by Crippen LogP contribution is -2.50. The number of urea groups is 1. The second-order valence-electron chi connectivity index (χ2n) is 9.83. The molecule has 2 amide bonds. The molecule has 0 saturated carbocycles. The fourth-order valence-corrected chi connectivity index (χ4v) is 6.09. The maximum absolute atomic E-state index is 13.4. The molecule has 0 aliphatic carbocycles. The Labute approximate surface area is 207 Å². The lowest BCUT2D eigenvalue weighted by atomic mass is 9.88. The van der Waals surface area contributed by atoms with E-state index in [0.29, 0.717) is 55.6 Å². The van der Waals surface area contributed by atoms with Crippen molar-refractivity contribution in [2.75, 3.05) is 39.5 Å². The van der Waals surface area contributed by atoms with E-state index >= 15 is 0 Å². The number of morpholine rings is 2. The van der Waals surface area contributed by atoms with Crippen LogP contribution in [0.2, 0.25) is 5.02 Å². The van der Waals surface area contributed by atoms with Crippen LogP contribution in [-0.2, 0) is 22.4 Å². The smallest absolute Gasteiger partial charge is 0.320 e. The van der Waals surface area contributed by atoms with Crippen LogP contribution in [-0.4, -0.2) is 82.4 Å². The summed E-state index contributed by atoms with van der Waals surface area (Å²) in [7, 11) is 0. The van der Waals surface area contributed by atoms with Crippen LogP contribution in [0, 0.1) is 0 Å². The minimum atomic E-state index is 0.0660. The van der Waals surface area contributed by atoms with E-state index in [4.69, 9.17) is 26.1 Å². The van der Waals surface area contributed by atoms with Gasteiger partial charge < -0.3 is 29.6 Å². The Morgan fingerprint density at radius 3 is 3.00 bits per heavy atom. The maximum atomic E-state index is 13.4. The molecule has 0 radical (unpaired) electrons. The van der Waals surface area contributed by atoms with Crippen molar-refractivity contribution in [2.24, 2.45) is 0 Å². The molecule has 10 heteroatoms. The topological polar surface area (TPSA) is 95.6 Å². The standard InChI is InChI=1S/C25H27ClN6O3/c26-20-8-28-24-23(20)30-21(9-29-24)15-5-14-1-3-31(25(33)32-10-17-7-16(32)12-35-17)11-19(14)18(6-15)22-13-34-4-2-27-22/h5-6,8-9,16-17,22,27H,1-4,7,10-13H2,(H,28,29)/t16-,17-,22+/m1/s1. The lowest BCUT2D eigenvalue weighted by molar-refractivity contribution is 0.0352. The molecule has 9 nitrogen and oxygen atoms in total. The van der Waals surface area contributed by atoms with E-state index in [1.54, 1.807) is 12.4 Å². The van der Waals surface area contributed by atoms with Crippen LogP contribution in [0.5, 0.6) is 0 Å². The van der Waals surface area contributed by atoms with Crippen molar-refractivity contribution in [3.8, 4) is 11.3 Å². The third-order valence-corrected chi connectivity index (χ3v) is 8.01. The Bertz CT molecular complexity index is 1310. The summed E-state index contributed by atoms with van der Waals surface area (Å²) in [6.07, 6.45) is 5.46. The fourth-order valence-electron chi connectivity index (χ4n) is 5.90. The van der Waals surface area contributed by atoms with Crippen LogP contribution in [0.3, 0.4) is 0 Å². The molecule has 182 valence electrons. The highest BCUT2D eigenvalue weighted by Crippen LogP contribution is 2.35. The first kappa shape index (κ1) is 21.6. The summed E-state index contributed by atoms with van der Waals surface area (Å²) in [5.41, 5.74) is 6.77. The second kappa shape index (κ2) is 8.44. The van der Waals surface area contributed by atoms with E-state index in [1.165, 1.54) is 16.7 Å². The number of ether oxygens (including phenoxy) is 2. The molecule has 1 aromatic carbocycles.